The summed E-state index contributed by atoms with van der Waals surface area (Å²) in [6.07, 6.45) is 1.80. The Bertz CT molecular complexity index is 472. The minimum Gasteiger partial charge on any atom is -0.459 e. The van der Waals surface area contributed by atoms with Crippen LogP contribution in [-0.2, 0) is 16.0 Å². The van der Waals surface area contributed by atoms with E-state index in [1.54, 1.807) is 0 Å². The van der Waals surface area contributed by atoms with E-state index in [9.17, 15) is 4.79 Å². The second-order valence-electron chi connectivity index (χ2n) is 5.66. The number of carbonyl (C=O) groups is 1. The van der Waals surface area contributed by atoms with Gasteiger partial charge in [0, 0.05) is 19.0 Å². The summed E-state index contributed by atoms with van der Waals surface area (Å²) in [7, 11) is 0. The number of esters is 1. The first-order chi connectivity index (χ1) is 9.84. The van der Waals surface area contributed by atoms with E-state index < -0.39 is 5.60 Å². The van der Waals surface area contributed by atoms with Crippen molar-refractivity contribution in [1.29, 1.82) is 0 Å². The molecule has 5 nitrogen and oxygen atoms in total. The number of aryl methyl sites for hydroxylation is 1. The molecular formula is C15H25N3O2S. The third kappa shape index (κ3) is 7.32. The van der Waals surface area contributed by atoms with Crippen molar-refractivity contribution in [3.8, 4) is 0 Å². The zero-order valence-corrected chi connectivity index (χ0v) is 14.3. The molecule has 0 aromatic carbocycles. The fraction of sp³-hybridized carbons (Fsp3) is 0.667. The Morgan fingerprint density at radius 2 is 2.05 bits per heavy atom. The van der Waals surface area contributed by atoms with Gasteiger partial charge in [-0.2, -0.15) is 0 Å². The van der Waals surface area contributed by atoms with Crippen LogP contribution in [0.15, 0.2) is 11.1 Å². The van der Waals surface area contributed by atoms with Gasteiger partial charge in [-0.25, -0.2) is 9.97 Å². The smallest absolute Gasteiger partial charge is 0.316 e. The number of hydrogen-bond acceptors (Lipinski definition) is 6. The molecule has 0 fully saturated rings. The molecule has 0 aliphatic carbocycles. The van der Waals surface area contributed by atoms with Gasteiger partial charge in [0.2, 0.25) is 0 Å². The number of rotatable bonds is 7. The molecule has 1 rings (SSSR count). The summed E-state index contributed by atoms with van der Waals surface area (Å²) < 4.78 is 5.29. The van der Waals surface area contributed by atoms with E-state index in [-0.39, 0.29) is 11.7 Å². The Morgan fingerprint density at radius 3 is 2.62 bits per heavy atom. The highest BCUT2D eigenvalue weighted by Crippen LogP contribution is 2.20. The maximum Gasteiger partial charge on any atom is 0.316 e. The van der Waals surface area contributed by atoms with Crippen LogP contribution < -0.4 is 5.32 Å². The number of nitrogens with one attached hydrogen (secondary N) is 1. The number of carbonyl (C=O) groups excluding carboxylic acids is 1. The molecule has 0 bridgehead atoms. The molecule has 21 heavy (non-hydrogen) atoms. The van der Waals surface area contributed by atoms with E-state index in [0.717, 1.165) is 36.1 Å². The number of aromatic nitrogens is 2. The van der Waals surface area contributed by atoms with Crippen molar-refractivity contribution in [3.05, 3.63) is 11.9 Å². The van der Waals surface area contributed by atoms with Gasteiger partial charge in [-0.15, -0.1) is 0 Å². The van der Waals surface area contributed by atoms with Gasteiger partial charge in [0.1, 0.15) is 22.3 Å². The standard InChI is InChI=1S/C15H25N3O2S/c1-6-8-16-12-9-13(18-11(7-2)17-12)21-10-14(19)20-15(3,4)5/h9H,6-8,10H2,1-5H3,(H,16,17,18). The molecule has 0 atom stereocenters. The Morgan fingerprint density at radius 1 is 1.33 bits per heavy atom. The molecule has 118 valence electrons. The number of thioether (sulfide) groups is 1. The van der Waals surface area contributed by atoms with Crippen LogP contribution in [0.1, 0.15) is 46.9 Å². The van der Waals surface area contributed by atoms with Crippen molar-refractivity contribution >= 4 is 23.5 Å². The average molecular weight is 311 g/mol. The quantitative estimate of drug-likeness (QED) is 0.473. The zero-order chi connectivity index (χ0) is 15.9. The van der Waals surface area contributed by atoms with Crippen LogP contribution in [0, 0.1) is 0 Å². The van der Waals surface area contributed by atoms with E-state index in [1.807, 2.05) is 33.8 Å². The number of ether oxygens (including phenoxy) is 1. The van der Waals surface area contributed by atoms with Crippen LogP contribution in [0.2, 0.25) is 0 Å². The van der Waals surface area contributed by atoms with E-state index in [4.69, 9.17) is 4.74 Å². The van der Waals surface area contributed by atoms with Crippen molar-refractivity contribution < 1.29 is 9.53 Å². The normalized spacial score (nSPS) is 11.3. The molecule has 0 unspecified atom stereocenters. The number of anilines is 1. The lowest BCUT2D eigenvalue weighted by molar-refractivity contribution is -0.151. The summed E-state index contributed by atoms with van der Waals surface area (Å²) in [6.45, 7) is 10.6. The van der Waals surface area contributed by atoms with E-state index in [2.05, 4.69) is 22.2 Å². The molecule has 0 aliphatic rings. The Kier molecular flexibility index (Phi) is 6.95. The van der Waals surface area contributed by atoms with Gasteiger partial charge in [0.05, 0.1) is 5.75 Å². The van der Waals surface area contributed by atoms with Gasteiger partial charge in [0.25, 0.3) is 0 Å². The molecule has 0 radical (unpaired) electrons. The SMILES string of the molecule is CCCNc1cc(SCC(=O)OC(C)(C)C)nc(CC)n1. The van der Waals surface area contributed by atoms with Gasteiger partial charge < -0.3 is 10.1 Å². The molecular weight excluding hydrogens is 286 g/mol. The first-order valence-corrected chi connectivity index (χ1v) is 8.29. The molecule has 1 aromatic rings. The number of hydrogen-bond donors (Lipinski definition) is 1. The largest absolute Gasteiger partial charge is 0.459 e. The minimum absolute atomic E-state index is 0.229. The third-order valence-electron chi connectivity index (χ3n) is 2.38. The van der Waals surface area contributed by atoms with Crippen LogP contribution in [0.4, 0.5) is 5.82 Å². The van der Waals surface area contributed by atoms with Crippen LogP contribution in [-0.4, -0.2) is 33.8 Å². The highest BCUT2D eigenvalue weighted by Gasteiger charge is 2.16. The predicted octanol–water partition coefficient (Wildman–Crippen LogP) is 3.29. The third-order valence-corrected chi connectivity index (χ3v) is 3.26. The molecule has 0 saturated carbocycles. The van der Waals surface area contributed by atoms with Crippen molar-refractivity contribution in [2.75, 3.05) is 17.6 Å². The fourth-order valence-electron chi connectivity index (χ4n) is 1.55. The second-order valence-corrected chi connectivity index (χ2v) is 6.66. The van der Waals surface area contributed by atoms with Crippen molar-refractivity contribution in [2.45, 2.75) is 58.1 Å². The van der Waals surface area contributed by atoms with Crippen LogP contribution in [0.25, 0.3) is 0 Å². The Balaban J connectivity index is 2.67. The minimum atomic E-state index is -0.453. The van der Waals surface area contributed by atoms with Crippen molar-refractivity contribution in [3.63, 3.8) is 0 Å². The second kappa shape index (κ2) is 8.22. The summed E-state index contributed by atoms with van der Waals surface area (Å²) in [5, 5.41) is 4.05. The fourth-order valence-corrected chi connectivity index (χ4v) is 2.24. The highest BCUT2D eigenvalue weighted by molar-refractivity contribution is 7.99. The first-order valence-electron chi connectivity index (χ1n) is 7.30. The monoisotopic (exact) mass is 311 g/mol. The van der Waals surface area contributed by atoms with Gasteiger partial charge >= 0.3 is 5.97 Å². The van der Waals surface area contributed by atoms with E-state index >= 15 is 0 Å². The highest BCUT2D eigenvalue weighted by atomic mass is 32.2. The summed E-state index contributed by atoms with van der Waals surface area (Å²) in [4.78, 5) is 20.6. The van der Waals surface area contributed by atoms with Gasteiger partial charge in [-0.3, -0.25) is 4.79 Å². The lowest BCUT2D eigenvalue weighted by Gasteiger charge is -2.19. The summed E-state index contributed by atoms with van der Waals surface area (Å²) in [5.74, 6) is 1.62. The lowest BCUT2D eigenvalue weighted by Crippen LogP contribution is -2.24. The summed E-state index contributed by atoms with van der Waals surface area (Å²) in [6, 6.07) is 1.88. The lowest BCUT2D eigenvalue weighted by atomic mass is 10.2. The Hall–Kier alpha value is -1.30. The van der Waals surface area contributed by atoms with Crippen molar-refractivity contribution in [2.24, 2.45) is 0 Å². The van der Waals surface area contributed by atoms with Gasteiger partial charge in [0.15, 0.2) is 0 Å². The van der Waals surface area contributed by atoms with Gasteiger partial charge in [-0.05, 0) is 27.2 Å². The van der Waals surface area contributed by atoms with Crippen LogP contribution in [0.3, 0.4) is 0 Å². The maximum atomic E-state index is 11.7. The molecule has 1 aromatic heterocycles. The molecule has 0 spiro atoms. The van der Waals surface area contributed by atoms with E-state index in [0.29, 0.717) is 0 Å². The van der Waals surface area contributed by atoms with E-state index in [1.165, 1.54) is 11.8 Å². The summed E-state index contributed by atoms with van der Waals surface area (Å²) >= 11 is 1.38. The molecule has 0 saturated heterocycles. The average Bonchev–Trinajstić information content (AvgIpc) is 2.41. The molecule has 1 N–H and O–H groups in total. The molecule has 0 amide bonds. The summed E-state index contributed by atoms with van der Waals surface area (Å²) in [5.41, 5.74) is -0.453. The van der Waals surface area contributed by atoms with Crippen LogP contribution >= 0.6 is 11.8 Å². The molecule has 6 heteroatoms. The molecule has 1 heterocycles. The van der Waals surface area contributed by atoms with Crippen LogP contribution in [0.5, 0.6) is 0 Å². The Labute approximate surface area is 131 Å². The topological polar surface area (TPSA) is 64.1 Å². The number of nitrogens with zero attached hydrogens (tertiary/aromatic N) is 2. The van der Waals surface area contributed by atoms with Crippen molar-refractivity contribution in [1.82, 2.24) is 9.97 Å². The maximum absolute atomic E-state index is 11.7. The van der Waals surface area contributed by atoms with Gasteiger partial charge in [-0.1, -0.05) is 25.6 Å². The predicted molar refractivity (Wildman–Crippen MR) is 86.8 cm³/mol. The molecule has 0 aliphatic heterocycles. The first kappa shape index (κ1) is 17.8. The zero-order valence-electron chi connectivity index (χ0n) is 13.5.